The predicted octanol–water partition coefficient (Wildman–Crippen LogP) is 6.49. The minimum Gasteiger partial charge on any atom is -0.497 e. The summed E-state index contributed by atoms with van der Waals surface area (Å²) in [6, 6.07) is 15.4. The molecule has 2 rings (SSSR count). The molecule has 0 spiro atoms. The summed E-state index contributed by atoms with van der Waals surface area (Å²) in [5, 5.41) is 0. The Kier molecular flexibility index (Phi) is 9.31. The van der Waals surface area contributed by atoms with Gasteiger partial charge in [-0.2, -0.15) is 0 Å². The summed E-state index contributed by atoms with van der Waals surface area (Å²) in [5.41, 5.74) is 1.81. The lowest BCUT2D eigenvalue weighted by Gasteiger charge is -2.05. The van der Waals surface area contributed by atoms with Crippen molar-refractivity contribution in [2.24, 2.45) is 9.98 Å². The van der Waals surface area contributed by atoms with Gasteiger partial charge < -0.3 is 9.47 Å². The summed E-state index contributed by atoms with van der Waals surface area (Å²) >= 11 is 3.24. The van der Waals surface area contributed by atoms with Crippen LogP contribution in [0.3, 0.4) is 0 Å². The Bertz CT molecular complexity index is 681. The van der Waals surface area contributed by atoms with Crippen LogP contribution in [0.2, 0.25) is 0 Å². The van der Waals surface area contributed by atoms with E-state index in [-0.39, 0.29) is 0 Å². The Morgan fingerprint density at radius 1 is 0.654 bits per heavy atom. The van der Waals surface area contributed by atoms with E-state index in [1.165, 1.54) is 0 Å². The molecule has 0 saturated carbocycles. The highest BCUT2D eigenvalue weighted by Crippen LogP contribution is 2.35. The number of rotatable bonds is 4. The molecule has 0 aliphatic carbocycles. The second kappa shape index (κ2) is 11.5. The van der Waals surface area contributed by atoms with E-state index in [4.69, 9.17) is 9.47 Å². The van der Waals surface area contributed by atoms with Crippen LogP contribution in [0, 0.1) is 0 Å². The van der Waals surface area contributed by atoms with E-state index in [0.717, 1.165) is 31.6 Å². The van der Waals surface area contributed by atoms with Gasteiger partial charge in [0.05, 0.1) is 25.6 Å². The van der Waals surface area contributed by atoms with Crippen molar-refractivity contribution in [1.82, 2.24) is 0 Å². The molecule has 0 N–H and O–H groups in total. The van der Waals surface area contributed by atoms with Gasteiger partial charge in [-0.05, 0) is 82.6 Å². The predicted molar refractivity (Wildman–Crippen MR) is 122 cm³/mol. The molecule has 0 unspecified atom stereocenters. The quantitative estimate of drug-likeness (QED) is 0.318. The number of ether oxygens (including phenoxy) is 2. The van der Waals surface area contributed by atoms with Crippen LogP contribution < -0.4 is 9.47 Å². The minimum absolute atomic E-state index is 0.827. The van der Waals surface area contributed by atoms with Gasteiger partial charge >= 0.3 is 0 Å². The second-order valence-corrected chi connectivity index (χ2v) is 8.94. The van der Waals surface area contributed by atoms with Gasteiger partial charge in [0.15, 0.2) is 0 Å². The van der Waals surface area contributed by atoms with Gasteiger partial charge in [0, 0.05) is 0 Å². The standard InChI is InChI=1S/C18H20N2O2S4/c1-21-15-9-5-13(6-10-15)19-17(23-3)25-26-18(24-4)20-14-7-11-16(22-2)12-8-14/h5-12H,1-4H3. The zero-order valence-corrected chi connectivity index (χ0v) is 18.2. The Morgan fingerprint density at radius 2 is 1.00 bits per heavy atom. The average Bonchev–Trinajstić information content (AvgIpc) is 2.70. The van der Waals surface area contributed by atoms with Gasteiger partial charge in [-0.1, -0.05) is 0 Å². The lowest BCUT2D eigenvalue weighted by atomic mass is 10.3. The van der Waals surface area contributed by atoms with E-state index in [0.29, 0.717) is 0 Å². The SMILES string of the molecule is COc1ccc(N=C(SC)SSC(=Nc2ccc(OC)cc2)SC)cc1. The third-order valence-corrected chi connectivity index (χ3v) is 7.88. The van der Waals surface area contributed by atoms with Crippen molar-refractivity contribution in [3.05, 3.63) is 48.5 Å². The molecule has 0 aliphatic heterocycles. The topological polar surface area (TPSA) is 43.2 Å². The normalized spacial score (nSPS) is 12.2. The molecule has 2 aromatic rings. The highest BCUT2D eigenvalue weighted by molar-refractivity contribution is 8.93. The van der Waals surface area contributed by atoms with Crippen LogP contribution in [0.15, 0.2) is 58.5 Å². The minimum atomic E-state index is 0.827. The highest BCUT2D eigenvalue weighted by Gasteiger charge is 2.06. The summed E-state index contributed by atoms with van der Waals surface area (Å²) in [5.74, 6) is 1.65. The molecule has 0 aliphatic rings. The number of benzene rings is 2. The van der Waals surface area contributed by atoms with E-state index < -0.39 is 0 Å². The molecule has 0 aromatic heterocycles. The zero-order chi connectivity index (χ0) is 18.8. The van der Waals surface area contributed by atoms with Gasteiger partial charge in [0.2, 0.25) is 0 Å². The molecule has 8 heteroatoms. The number of thioether (sulfide) groups is 2. The fourth-order valence-corrected chi connectivity index (χ4v) is 5.65. The van der Waals surface area contributed by atoms with Crippen molar-refractivity contribution >= 4 is 65.2 Å². The molecule has 4 nitrogen and oxygen atoms in total. The van der Waals surface area contributed by atoms with E-state index in [2.05, 4.69) is 9.98 Å². The highest BCUT2D eigenvalue weighted by atomic mass is 33.1. The molecule has 2 aromatic carbocycles. The summed E-state index contributed by atoms with van der Waals surface area (Å²) in [6.45, 7) is 0. The number of hydrogen-bond acceptors (Lipinski definition) is 8. The molecular weight excluding hydrogens is 404 g/mol. The first-order valence-corrected chi connectivity index (χ1v) is 12.2. The first-order chi connectivity index (χ1) is 12.7. The van der Waals surface area contributed by atoms with E-state index in [1.54, 1.807) is 59.3 Å². The first kappa shape index (κ1) is 21.1. The van der Waals surface area contributed by atoms with Gasteiger partial charge in [0.25, 0.3) is 0 Å². The van der Waals surface area contributed by atoms with Crippen LogP contribution in [-0.2, 0) is 0 Å². The number of aliphatic imine (C=N–C) groups is 2. The molecule has 138 valence electrons. The van der Waals surface area contributed by atoms with E-state index >= 15 is 0 Å². The molecule has 0 fully saturated rings. The Morgan fingerprint density at radius 3 is 1.27 bits per heavy atom. The summed E-state index contributed by atoms with van der Waals surface area (Å²) in [6.07, 6.45) is 4.05. The third kappa shape index (κ3) is 6.83. The Balaban J connectivity index is 2.03. The van der Waals surface area contributed by atoms with Crippen molar-refractivity contribution in [3.8, 4) is 11.5 Å². The fourth-order valence-electron chi connectivity index (χ4n) is 1.79. The average molecular weight is 425 g/mol. The molecule has 26 heavy (non-hydrogen) atoms. The molecule has 0 heterocycles. The molecule has 0 bridgehead atoms. The molecule has 0 atom stereocenters. The van der Waals surface area contributed by atoms with Gasteiger partial charge in [-0.3, -0.25) is 0 Å². The van der Waals surface area contributed by atoms with Crippen molar-refractivity contribution in [3.63, 3.8) is 0 Å². The zero-order valence-electron chi connectivity index (χ0n) is 15.0. The number of methoxy groups -OCH3 is 2. The van der Waals surface area contributed by atoms with Crippen LogP contribution >= 0.6 is 45.1 Å². The largest absolute Gasteiger partial charge is 0.497 e. The fraction of sp³-hybridized carbons (Fsp3) is 0.222. The van der Waals surface area contributed by atoms with Crippen LogP contribution in [-0.4, -0.2) is 35.5 Å². The summed E-state index contributed by atoms with van der Waals surface area (Å²) in [4.78, 5) is 9.35. The van der Waals surface area contributed by atoms with Crippen molar-refractivity contribution in [2.75, 3.05) is 26.7 Å². The monoisotopic (exact) mass is 424 g/mol. The van der Waals surface area contributed by atoms with Gasteiger partial charge in [-0.25, -0.2) is 9.98 Å². The third-order valence-electron chi connectivity index (χ3n) is 3.12. The number of hydrogen-bond donors (Lipinski definition) is 0. The number of nitrogens with zero attached hydrogens (tertiary/aromatic N) is 2. The van der Waals surface area contributed by atoms with Gasteiger partial charge in [0.1, 0.15) is 20.3 Å². The Labute approximate surface area is 171 Å². The molecule has 0 radical (unpaired) electrons. The maximum absolute atomic E-state index is 5.18. The molecule has 0 amide bonds. The summed E-state index contributed by atoms with van der Waals surface area (Å²) < 4.78 is 12.3. The lowest BCUT2D eigenvalue weighted by Crippen LogP contribution is -1.86. The van der Waals surface area contributed by atoms with E-state index in [1.807, 2.05) is 61.0 Å². The van der Waals surface area contributed by atoms with Crippen molar-refractivity contribution < 1.29 is 9.47 Å². The van der Waals surface area contributed by atoms with Crippen LogP contribution in [0.1, 0.15) is 0 Å². The maximum atomic E-state index is 5.18. The lowest BCUT2D eigenvalue weighted by molar-refractivity contribution is 0.415. The second-order valence-electron chi connectivity index (χ2n) is 4.73. The first-order valence-electron chi connectivity index (χ1n) is 7.56. The Hall–Kier alpha value is -1.22. The maximum Gasteiger partial charge on any atom is 0.141 e. The van der Waals surface area contributed by atoms with Gasteiger partial charge in [-0.15, -0.1) is 23.5 Å². The van der Waals surface area contributed by atoms with Crippen molar-refractivity contribution in [1.29, 1.82) is 0 Å². The van der Waals surface area contributed by atoms with E-state index in [9.17, 15) is 0 Å². The van der Waals surface area contributed by atoms with Crippen molar-refractivity contribution in [2.45, 2.75) is 0 Å². The summed E-state index contributed by atoms with van der Waals surface area (Å²) in [7, 11) is 6.53. The van der Waals surface area contributed by atoms with Crippen LogP contribution in [0.25, 0.3) is 0 Å². The molecule has 0 saturated heterocycles. The van der Waals surface area contributed by atoms with Crippen LogP contribution in [0.4, 0.5) is 11.4 Å². The smallest absolute Gasteiger partial charge is 0.141 e. The molecular formula is C18H20N2O2S4. The van der Waals surface area contributed by atoms with Crippen LogP contribution in [0.5, 0.6) is 11.5 Å².